The molecule has 1 amide bonds. The maximum absolute atomic E-state index is 12.6. The molecule has 0 fully saturated rings. The lowest BCUT2D eigenvalue weighted by Crippen LogP contribution is -2.14. The predicted molar refractivity (Wildman–Crippen MR) is 123 cm³/mol. The molecule has 0 spiro atoms. The van der Waals surface area contributed by atoms with Gasteiger partial charge in [-0.05, 0) is 48.7 Å². The first-order valence-corrected chi connectivity index (χ1v) is 10.9. The van der Waals surface area contributed by atoms with Gasteiger partial charge in [-0.15, -0.1) is 11.3 Å². The van der Waals surface area contributed by atoms with E-state index in [9.17, 15) is 9.59 Å². The van der Waals surface area contributed by atoms with Crippen molar-refractivity contribution in [3.63, 3.8) is 0 Å². The number of hydrogen-bond acceptors (Lipinski definition) is 5. The van der Waals surface area contributed by atoms with Crippen LogP contribution in [0.15, 0.2) is 53.0 Å². The summed E-state index contributed by atoms with van der Waals surface area (Å²) < 4.78 is 11.1. The summed E-state index contributed by atoms with van der Waals surface area (Å²) in [4.78, 5) is 26.1. The predicted octanol–water partition coefficient (Wildman–Crippen LogP) is 5.85. The lowest BCUT2D eigenvalue weighted by atomic mass is 10.0. The van der Waals surface area contributed by atoms with E-state index < -0.39 is 5.97 Å². The molecule has 0 aliphatic rings. The van der Waals surface area contributed by atoms with E-state index >= 15 is 0 Å². The van der Waals surface area contributed by atoms with Gasteiger partial charge in [0.25, 0.3) is 0 Å². The summed E-state index contributed by atoms with van der Waals surface area (Å²) in [6.45, 7) is 1.93. The first-order chi connectivity index (χ1) is 14.4. The number of hydrogen-bond donors (Lipinski definition) is 1. The Kier molecular flexibility index (Phi) is 7.29. The van der Waals surface area contributed by atoms with Crippen LogP contribution in [0.4, 0.5) is 5.00 Å². The fraction of sp³-hybridized carbons (Fsp3) is 0.217. The van der Waals surface area contributed by atoms with Crippen molar-refractivity contribution in [2.45, 2.75) is 19.8 Å². The molecular weight excluding hydrogens is 466 g/mol. The number of esters is 1. The number of benzene rings is 2. The van der Waals surface area contributed by atoms with Crippen LogP contribution in [0, 0.1) is 6.92 Å². The highest BCUT2D eigenvalue weighted by atomic mass is 79.9. The highest BCUT2D eigenvalue weighted by Crippen LogP contribution is 2.40. The summed E-state index contributed by atoms with van der Waals surface area (Å²) in [5.41, 5.74) is 3.10. The Hall–Kier alpha value is -2.64. The first kappa shape index (κ1) is 22.1. The van der Waals surface area contributed by atoms with E-state index in [2.05, 4.69) is 21.2 Å². The van der Waals surface area contributed by atoms with Gasteiger partial charge in [0.2, 0.25) is 5.91 Å². The molecule has 0 aliphatic carbocycles. The van der Waals surface area contributed by atoms with Gasteiger partial charge >= 0.3 is 5.97 Å². The van der Waals surface area contributed by atoms with E-state index in [1.165, 1.54) is 18.4 Å². The highest BCUT2D eigenvalue weighted by Gasteiger charge is 2.25. The normalized spacial score (nSPS) is 10.5. The second-order valence-electron chi connectivity index (χ2n) is 6.63. The van der Waals surface area contributed by atoms with Crippen LogP contribution in [0.2, 0.25) is 0 Å². The lowest BCUT2D eigenvalue weighted by molar-refractivity contribution is -0.116. The third-order valence-electron chi connectivity index (χ3n) is 4.66. The van der Waals surface area contributed by atoms with Crippen molar-refractivity contribution in [2.75, 3.05) is 19.5 Å². The number of methoxy groups -OCH3 is 2. The van der Waals surface area contributed by atoms with Crippen molar-refractivity contribution in [3.8, 4) is 16.9 Å². The molecule has 3 rings (SSSR count). The second kappa shape index (κ2) is 9.91. The van der Waals surface area contributed by atoms with Gasteiger partial charge in [0.1, 0.15) is 16.3 Å². The van der Waals surface area contributed by atoms with Crippen molar-refractivity contribution in [2.24, 2.45) is 0 Å². The Bertz CT molecular complexity index is 1040. The Morgan fingerprint density at radius 2 is 1.70 bits per heavy atom. The number of carbonyl (C=O) groups excluding carboxylic acids is 2. The smallest absolute Gasteiger partial charge is 0.341 e. The van der Waals surface area contributed by atoms with E-state index in [4.69, 9.17) is 9.47 Å². The minimum Gasteiger partial charge on any atom is -0.497 e. The molecule has 0 radical (unpaired) electrons. The third-order valence-corrected chi connectivity index (χ3v) is 6.21. The highest BCUT2D eigenvalue weighted by molar-refractivity contribution is 9.10. The summed E-state index contributed by atoms with van der Waals surface area (Å²) >= 11 is 4.80. The average molecular weight is 488 g/mol. The van der Waals surface area contributed by atoms with Crippen LogP contribution in [0.3, 0.4) is 0 Å². The van der Waals surface area contributed by atoms with Crippen LogP contribution >= 0.6 is 27.3 Å². The van der Waals surface area contributed by atoms with Crippen LogP contribution < -0.4 is 10.1 Å². The Morgan fingerprint density at radius 3 is 2.30 bits per heavy atom. The number of rotatable bonds is 7. The van der Waals surface area contributed by atoms with Gasteiger partial charge < -0.3 is 14.8 Å². The van der Waals surface area contributed by atoms with Crippen molar-refractivity contribution < 1.29 is 19.1 Å². The van der Waals surface area contributed by atoms with Crippen LogP contribution in [-0.4, -0.2) is 26.1 Å². The number of ether oxygens (including phenoxy) is 2. The van der Waals surface area contributed by atoms with E-state index in [-0.39, 0.29) is 5.91 Å². The number of thiophene rings is 1. The summed E-state index contributed by atoms with van der Waals surface area (Å²) in [5, 5.41) is 3.42. The van der Waals surface area contributed by atoms with Gasteiger partial charge in [-0.2, -0.15) is 0 Å². The van der Waals surface area contributed by atoms with E-state index in [1.807, 2.05) is 55.5 Å². The third kappa shape index (κ3) is 5.09. The minimum atomic E-state index is -0.470. The summed E-state index contributed by atoms with van der Waals surface area (Å²) in [6.07, 6.45) is 0.894. The maximum atomic E-state index is 12.6. The van der Waals surface area contributed by atoms with Gasteiger partial charge in [0, 0.05) is 21.3 Å². The monoisotopic (exact) mass is 487 g/mol. The van der Waals surface area contributed by atoms with Crippen LogP contribution in [-0.2, 0) is 16.0 Å². The summed E-state index contributed by atoms with van der Waals surface area (Å²) in [6, 6.07) is 15.3. The average Bonchev–Trinajstić information content (AvgIpc) is 3.08. The molecule has 156 valence electrons. The zero-order chi connectivity index (χ0) is 21.7. The van der Waals surface area contributed by atoms with Crippen LogP contribution in [0.5, 0.6) is 5.75 Å². The molecule has 0 bridgehead atoms. The van der Waals surface area contributed by atoms with Gasteiger partial charge in [-0.1, -0.05) is 40.2 Å². The summed E-state index contributed by atoms with van der Waals surface area (Å²) in [5.74, 6) is 0.155. The molecule has 5 nitrogen and oxygen atoms in total. The van der Waals surface area contributed by atoms with Gasteiger partial charge in [0.15, 0.2) is 0 Å². The molecule has 0 atom stereocenters. The fourth-order valence-electron chi connectivity index (χ4n) is 3.13. The zero-order valence-corrected chi connectivity index (χ0v) is 19.4. The topological polar surface area (TPSA) is 64.6 Å². The molecular formula is C23H22BrNO4S. The molecule has 0 aliphatic heterocycles. The fourth-order valence-corrected chi connectivity index (χ4v) is 4.48. The number of amides is 1. The van der Waals surface area contributed by atoms with Crippen LogP contribution in [0.1, 0.15) is 27.2 Å². The number of aryl methyl sites for hydroxylation is 2. The molecule has 1 heterocycles. The summed E-state index contributed by atoms with van der Waals surface area (Å²) in [7, 11) is 2.96. The molecule has 1 aromatic heterocycles. The number of nitrogens with one attached hydrogen (secondary N) is 1. The van der Waals surface area contributed by atoms with Crippen molar-refractivity contribution in [1.82, 2.24) is 0 Å². The van der Waals surface area contributed by atoms with Gasteiger partial charge in [-0.25, -0.2) is 4.79 Å². The van der Waals surface area contributed by atoms with E-state index in [1.54, 1.807) is 7.11 Å². The van der Waals surface area contributed by atoms with Gasteiger partial charge in [0.05, 0.1) is 14.2 Å². The SMILES string of the molecule is COC(=O)c1c(NC(=O)CCc2ccc(OC)cc2)sc(C)c1-c1ccc(Br)cc1. The van der Waals surface area contributed by atoms with Gasteiger partial charge in [-0.3, -0.25) is 4.79 Å². The molecule has 1 N–H and O–H groups in total. The molecule has 2 aromatic carbocycles. The standard InChI is InChI=1S/C23H22BrNO4S/c1-14-20(16-7-9-17(24)10-8-16)21(23(27)29-3)22(30-14)25-19(26)13-6-15-4-11-18(28-2)12-5-15/h4-5,7-12H,6,13H2,1-3H3,(H,25,26). The molecule has 30 heavy (non-hydrogen) atoms. The van der Waals surface area contributed by atoms with Crippen molar-refractivity contribution in [3.05, 3.63) is 69.0 Å². The van der Waals surface area contributed by atoms with E-state index in [0.29, 0.717) is 23.4 Å². The molecule has 7 heteroatoms. The first-order valence-electron chi connectivity index (χ1n) is 9.33. The number of carbonyl (C=O) groups is 2. The number of halogens is 1. The molecule has 0 saturated heterocycles. The zero-order valence-electron chi connectivity index (χ0n) is 17.0. The molecule has 3 aromatic rings. The van der Waals surface area contributed by atoms with E-state index in [0.717, 1.165) is 31.8 Å². The maximum Gasteiger partial charge on any atom is 0.341 e. The molecule has 0 unspecified atom stereocenters. The molecule has 0 saturated carbocycles. The Balaban J connectivity index is 1.80. The minimum absolute atomic E-state index is 0.153. The van der Waals surface area contributed by atoms with Crippen molar-refractivity contribution >= 4 is 44.1 Å². The number of anilines is 1. The quantitative estimate of drug-likeness (QED) is 0.424. The lowest BCUT2D eigenvalue weighted by Gasteiger charge is -2.09. The van der Waals surface area contributed by atoms with Crippen molar-refractivity contribution in [1.29, 1.82) is 0 Å². The Labute approximate surface area is 188 Å². The van der Waals surface area contributed by atoms with Crippen LogP contribution in [0.25, 0.3) is 11.1 Å². The Morgan fingerprint density at radius 1 is 1.03 bits per heavy atom. The largest absolute Gasteiger partial charge is 0.497 e. The second-order valence-corrected chi connectivity index (χ2v) is 8.77.